The minimum absolute atomic E-state index is 0.0432. The molecule has 4 rings (SSSR count). The molecule has 4 aromatic rings. The van der Waals surface area contributed by atoms with E-state index in [9.17, 15) is 9.18 Å². The molecule has 0 atom stereocenters. The van der Waals surface area contributed by atoms with Gasteiger partial charge in [0.25, 0.3) is 0 Å². The number of carbonyl (C=O) groups is 1. The highest BCUT2D eigenvalue weighted by molar-refractivity contribution is 5.76. The van der Waals surface area contributed by atoms with Crippen LogP contribution in [0.5, 0.6) is 5.75 Å². The van der Waals surface area contributed by atoms with Gasteiger partial charge in [-0.05, 0) is 60.5 Å². The first-order valence-electron chi connectivity index (χ1n) is 10.4. The first kappa shape index (κ1) is 21.3. The molecular weight excluding hydrogens is 405 g/mol. The minimum atomic E-state index is -0.301. The van der Waals surface area contributed by atoms with Gasteiger partial charge in [0, 0.05) is 30.3 Å². The largest absolute Gasteiger partial charge is 0.497 e. The van der Waals surface area contributed by atoms with Crippen LogP contribution in [0.1, 0.15) is 17.5 Å². The quantitative estimate of drug-likeness (QED) is 0.432. The summed E-state index contributed by atoms with van der Waals surface area (Å²) < 4.78 is 20.3. The van der Waals surface area contributed by atoms with E-state index >= 15 is 0 Å². The summed E-state index contributed by atoms with van der Waals surface area (Å²) in [5.41, 5.74) is 4.35. The third kappa shape index (κ3) is 5.21. The van der Waals surface area contributed by atoms with E-state index in [-0.39, 0.29) is 11.7 Å². The second-order valence-electron chi connectivity index (χ2n) is 7.41. The van der Waals surface area contributed by atoms with E-state index < -0.39 is 0 Å². The van der Waals surface area contributed by atoms with Crippen LogP contribution in [0.25, 0.3) is 16.9 Å². The molecule has 0 fully saturated rings. The van der Waals surface area contributed by atoms with Crippen molar-refractivity contribution in [3.8, 4) is 22.7 Å². The number of para-hydroxylation sites is 1. The number of aryl methyl sites for hydroxylation is 1. The van der Waals surface area contributed by atoms with E-state index in [1.807, 2.05) is 60.8 Å². The van der Waals surface area contributed by atoms with E-state index in [4.69, 9.17) is 9.84 Å². The molecule has 0 aliphatic rings. The minimum Gasteiger partial charge on any atom is -0.497 e. The van der Waals surface area contributed by atoms with Crippen LogP contribution >= 0.6 is 0 Å². The molecule has 0 aliphatic carbocycles. The van der Waals surface area contributed by atoms with Crippen LogP contribution in [-0.4, -0.2) is 22.8 Å². The molecule has 0 unspecified atom stereocenters. The number of benzene rings is 3. The monoisotopic (exact) mass is 429 g/mol. The predicted molar refractivity (Wildman–Crippen MR) is 122 cm³/mol. The molecular formula is C26H24FN3O2. The summed E-state index contributed by atoms with van der Waals surface area (Å²) in [5.74, 6) is 0.449. The average Bonchev–Trinajstić information content (AvgIpc) is 3.27. The normalized spacial score (nSPS) is 10.7. The fraction of sp³-hybridized carbons (Fsp3) is 0.154. The smallest absolute Gasteiger partial charge is 0.220 e. The zero-order chi connectivity index (χ0) is 22.3. The number of rotatable bonds is 8. The molecule has 1 aromatic heterocycles. The van der Waals surface area contributed by atoms with Gasteiger partial charge in [-0.25, -0.2) is 9.07 Å². The summed E-state index contributed by atoms with van der Waals surface area (Å²) in [7, 11) is 1.63. The SMILES string of the molecule is COc1ccc(CCC(=O)NCc2cn(-c3ccccc3)nc2-c2ccc(F)cc2)cc1. The highest BCUT2D eigenvalue weighted by Crippen LogP contribution is 2.24. The van der Waals surface area contributed by atoms with Crippen molar-refractivity contribution in [1.82, 2.24) is 15.1 Å². The highest BCUT2D eigenvalue weighted by Gasteiger charge is 2.14. The molecule has 162 valence electrons. The molecule has 0 radical (unpaired) electrons. The maximum Gasteiger partial charge on any atom is 0.220 e. The Morgan fingerprint density at radius 2 is 1.72 bits per heavy atom. The Morgan fingerprint density at radius 3 is 2.41 bits per heavy atom. The summed E-state index contributed by atoms with van der Waals surface area (Å²) in [6.45, 7) is 0.334. The lowest BCUT2D eigenvalue weighted by Crippen LogP contribution is -2.23. The molecule has 3 aromatic carbocycles. The van der Waals surface area contributed by atoms with Gasteiger partial charge in [-0.2, -0.15) is 5.10 Å². The Balaban J connectivity index is 1.47. The molecule has 0 spiro atoms. The predicted octanol–water partition coefficient (Wildman–Crippen LogP) is 4.94. The van der Waals surface area contributed by atoms with E-state index in [0.717, 1.165) is 28.1 Å². The van der Waals surface area contributed by atoms with Gasteiger partial charge in [0.15, 0.2) is 0 Å². The number of amides is 1. The van der Waals surface area contributed by atoms with Crippen molar-refractivity contribution in [1.29, 1.82) is 0 Å². The van der Waals surface area contributed by atoms with Crippen LogP contribution in [0, 0.1) is 5.82 Å². The third-order valence-electron chi connectivity index (χ3n) is 5.20. The summed E-state index contributed by atoms with van der Waals surface area (Å²) in [6.07, 6.45) is 2.92. The number of methoxy groups -OCH3 is 1. The summed E-state index contributed by atoms with van der Waals surface area (Å²) in [5, 5.41) is 7.69. The lowest BCUT2D eigenvalue weighted by molar-refractivity contribution is -0.121. The number of nitrogens with one attached hydrogen (secondary N) is 1. The number of hydrogen-bond donors (Lipinski definition) is 1. The Bertz CT molecular complexity index is 1170. The number of ether oxygens (including phenoxy) is 1. The lowest BCUT2D eigenvalue weighted by atomic mass is 10.1. The van der Waals surface area contributed by atoms with E-state index in [2.05, 4.69) is 5.32 Å². The molecule has 1 amide bonds. The molecule has 0 bridgehead atoms. The average molecular weight is 429 g/mol. The summed E-state index contributed by atoms with van der Waals surface area (Å²) in [4.78, 5) is 12.5. The van der Waals surface area contributed by atoms with Crippen molar-refractivity contribution < 1.29 is 13.9 Å². The van der Waals surface area contributed by atoms with Crippen LogP contribution in [0.15, 0.2) is 85.1 Å². The van der Waals surface area contributed by atoms with Crippen LogP contribution in [0.2, 0.25) is 0 Å². The fourth-order valence-electron chi connectivity index (χ4n) is 3.44. The van der Waals surface area contributed by atoms with Crippen molar-refractivity contribution >= 4 is 5.91 Å². The maximum atomic E-state index is 13.4. The standard InChI is InChI=1S/C26H24FN3O2/c1-32-24-14-7-19(8-15-24)9-16-25(31)28-17-21-18-30(23-5-3-2-4-6-23)29-26(21)20-10-12-22(27)13-11-20/h2-8,10-15,18H,9,16-17H2,1H3,(H,28,31). The van der Waals surface area contributed by atoms with Crippen molar-refractivity contribution in [2.75, 3.05) is 7.11 Å². The molecule has 0 saturated heterocycles. The summed E-state index contributed by atoms with van der Waals surface area (Å²) >= 11 is 0. The number of hydrogen-bond acceptors (Lipinski definition) is 3. The Hall–Kier alpha value is -3.93. The second kappa shape index (κ2) is 9.92. The molecule has 0 aliphatic heterocycles. The maximum absolute atomic E-state index is 13.4. The van der Waals surface area contributed by atoms with Crippen LogP contribution < -0.4 is 10.1 Å². The van der Waals surface area contributed by atoms with Gasteiger partial charge in [0.1, 0.15) is 11.6 Å². The summed E-state index contributed by atoms with van der Waals surface area (Å²) in [6, 6.07) is 23.7. The van der Waals surface area contributed by atoms with Gasteiger partial charge in [-0.1, -0.05) is 30.3 Å². The van der Waals surface area contributed by atoms with Crippen molar-refractivity contribution in [2.45, 2.75) is 19.4 Å². The zero-order valence-corrected chi connectivity index (χ0v) is 17.8. The molecule has 32 heavy (non-hydrogen) atoms. The molecule has 1 N–H and O–H groups in total. The first-order valence-corrected chi connectivity index (χ1v) is 10.4. The van der Waals surface area contributed by atoms with Gasteiger partial charge in [-0.3, -0.25) is 4.79 Å². The van der Waals surface area contributed by atoms with E-state index in [1.54, 1.807) is 23.9 Å². The highest BCUT2D eigenvalue weighted by atomic mass is 19.1. The van der Waals surface area contributed by atoms with Crippen LogP contribution in [-0.2, 0) is 17.8 Å². The number of aromatic nitrogens is 2. The second-order valence-corrected chi connectivity index (χ2v) is 7.41. The Labute approximate surface area is 186 Å². The first-order chi connectivity index (χ1) is 15.6. The lowest BCUT2D eigenvalue weighted by Gasteiger charge is -2.07. The molecule has 6 heteroatoms. The van der Waals surface area contributed by atoms with Crippen LogP contribution in [0.3, 0.4) is 0 Å². The third-order valence-corrected chi connectivity index (χ3v) is 5.20. The van der Waals surface area contributed by atoms with Crippen molar-refractivity contribution in [3.63, 3.8) is 0 Å². The Kier molecular flexibility index (Phi) is 6.60. The fourth-order valence-corrected chi connectivity index (χ4v) is 3.44. The molecule has 0 saturated carbocycles. The van der Waals surface area contributed by atoms with Gasteiger partial charge in [-0.15, -0.1) is 0 Å². The van der Waals surface area contributed by atoms with Crippen molar-refractivity contribution in [2.24, 2.45) is 0 Å². The van der Waals surface area contributed by atoms with Gasteiger partial charge in [0.05, 0.1) is 18.5 Å². The number of carbonyl (C=O) groups excluding carboxylic acids is 1. The van der Waals surface area contributed by atoms with Crippen LogP contribution in [0.4, 0.5) is 4.39 Å². The van der Waals surface area contributed by atoms with Crippen molar-refractivity contribution in [3.05, 3.63) is 102 Å². The van der Waals surface area contributed by atoms with Gasteiger partial charge in [0.2, 0.25) is 5.91 Å². The zero-order valence-electron chi connectivity index (χ0n) is 17.8. The van der Waals surface area contributed by atoms with E-state index in [1.165, 1.54) is 12.1 Å². The Morgan fingerprint density at radius 1 is 1.00 bits per heavy atom. The molecule has 1 heterocycles. The molecule has 5 nitrogen and oxygen atoms in total. The van der Waals surface area contributed by atoms with Gasteiger partial charge >= 0.3 is 0 Å². The van der Waals surface area contributed by atoms with Gasteiger partial charge < -0.3 is 10.1 Å². The number of halogens is 1. The topological polar surface area (TPSA) is 56.1 Å². The van der Waals surface area contributed by atoms with E-state index in [0.29, 0.717) is 25.1 Å². The number of nitrogens with zero attached hydrogens (tertiary/aromatic N) is 2.